The highest BCUT2D eigenvalue weighted by molar-refractivity contribution is 5.95. The highest BCUT2D eigenvalue weighted by atomic mass is 19.1. The lowest BCUT2D eigenvalue weighted by molar-refractivity contribution is -0.142. The van der Waals surface area contributed by atoms with Crippen LogP contribution in [0.3, 0.4) is 0 Å². The highest BCUT2D eigenvalue weighted by Gasteiger charge is 2.25. The summed E-state index contributed by atoms with van der Waals surface area (Å²) >= 11 is 0. The van der Waals surface area contributed by atoms with Crippen molar-refractivity contribution in [3.8, 4) is 28.6 Å². The van der Waals surface area contributed by atoms with Crippen molar-refractivity contribution in [2.45, 2.75) is 20.0 Å². The number of hydrogen-bond acceptors (Lipinski definition) is 8. The van der Waals surface area contributed by atoms with Crippen LogP contribution >= 0.6 is 0 Å². The monoisotopic (exact) mass is 503 g/mol. The quantitative estimate of drug-likeness (QED) is 0.391. The molecular formula is C27H26FN5O4. The van der Waals surface area contributed by atoms with Gasteiger partial charge in [0.15, 0.2) is 11.9 Å². The van der Waals surface area contributed by atoms with Gasteiger partial charge in [0.05, 0.1) is 30.3 Å². The number of fused-ring (bicyclic) bond motifs is 1. The fourth-order valence-corrected chi connectivity index (χ4v) is 4.14. The van der Waals surface area contributed by atoms with Crippen LogP contribution in [0, 0.1) is 12.9 Å². The maximum absolute atomic E-state index is 13.1. The average molecular weight is 504 g/mol. The molecule has 190 valence electrons. The van der Waals surface area contributed by atoms with Crippen LogP contribution < -0.4 is 15.2 Å². The number of halogens is 1. The number of nitrogens with zero attached hydrogens (tertiary/aromatic N) is 4. The Bertz CT molecular complexity index is 1440. The Morgan fingerprint density at radius 2 is 1.92 bits per heavy atom. The Kier molecular flexibility index (Phi) is 6.82. The van der Waals surface area contributed by atoms with E-state index >= 15 is 0 Å². The number of carbonyl (C=O) groups excluding carboxylic acids is 1. The standard InChI is InChI=1S/C27H26FN5O4/c1-16-14-18(6-8-21(16)37-19-7-9-23(28)30-15-19)26-31-20-4-3-5-22(24(20)25(29)32-26)36-17(2)27(34)33-10-12-35-13-11-33/h3-9,14-15,17H,10-13H2,1-2H3,(H2,29,31,32)/t17-/m1/s1. The van der Waals surface area contributed by atoms with Crippen molar-refractivity contribution in [2.75, 3.05) is 32.0 Å². The lowest BCUT2D eigenvalue weighted by atomic mass is 10.1. The third-order valence-corrected chi connectivity index (χ3v) is 6.05. The van der Waals surface area contributed by atoms with Crippen LogP contribution in [0.4, 0.5) is 10.2 Å². The molecule has 5 rings (SSSR count). The van der Waals surface area contributed by atoms with Gasteiger partial charge in [0.25, 0.3) is 5.91 Å². The largest absolute Gasteiger partial charge is 0.480 e. The number of amides is 1. The molecule has 1 atom stereocenters. The van der Waals surface area contributed by atoms with E-state index in [4.69, 9.17) is 24.9 Å². The number of aryl methyl sites for hydroxylation is 1. The molecule has 1 aliphatic rings. The second-order valence-electron chi connectivity index (χ2n) is 8.68. The van der Waals surface area contributed by atoms with Crippen molar-refractivity contribution in [3.63, 3.8) is 0 Å². The number of anilines is 1. The van der Waals surface area contributed by atoms with Gasteiger partial charge < -0.3 is 24.8 Å². The van der Waals surface area contributed by atoms with E-state index in [1.165, 1.54) is 18.3 Å². The molecular weight excluding hydrogens is 477 g/mol. The van der Waals surface area contributed by atoms with Gasteiger partial charge >= 0.3 is 0 Å². The number of carbonyl (C=O) groups is 1. The Hall–Kier alpha value is -4.31. The van der Waals surface area contributed by atoms with Gasteiger partial charge in [-0.2, -0.15) is 4.39 Å². The minimum atomic E-state index is -0.700. The van der Waals surface area contributed by atoms with Gasteiger partial charge in [-0.05, 0) is 61.9 Å². The second kappa shape index (κ2) is 10.4. The summed E-state index contributed by atoms with van der Waals surface area (Å²) in [6.07, 6.45) is 0.625. The van der Waals surface area contributed by atoms with E-state index in [0.29, 0.717) is 60.3 Å². The van der Waals surface area contributed by atoms with Gasteiger partial charge in [0.2, 0.25) is 5.95 Å². The molecule has 0 aliphatic carbocycles. The summed E-state index contributed by atoms with van der Waals surface area (Å²) in [5, 5.41) is 0.549. The normalized spacial score (nSPS) is 14.4. The number of nitrogens with two attached hydrogens (primary N) is 1. The van der Waals surface area contributed by atoms with Gasteiger partial charge in [-0.25, -0.2) is 15.0 Å². The molecule has 9 nitrogen and oxygen atoms in total. The minimum absolute atomic E-state index is 0.106. The summed E-state index contributed by atoms with van der Waals surface area (Å²) in [7, 11) is 0. The molecule has 37 heavy (non-hydrogen) atoms. The van der Waals surface area contributed by atoms with E-state index in [2.05, 4.69) is 9.97 Å². The van der Waals surface area contributed by atoms with Crippen LogP contribution in [0.2, 0.25) is 0 Å². The molecule has 0 spiro atoms. The molecule has 4 aromatic rings. The Labute approximate surface area is 213 Å². The fourth-order valence-electron chi connectivity index (χ4n) is 4.14. The molecule has 0 radical (unpaired) electrons. The van der Waals surface area contributed by atoms with Crippen molar-refractivity contribution < 1.29 is 23.4 Å². The van der Waals surface area contributed by atoms with Crippen molar-refractivity contribution in [2.24, 2.45) is 0 Å². The lowest BCUT2D eigenvalue weighted by Crippen LogP contribution is -2.46. The number of nitrogen functional groups attached to an aromatic ring is 1. The molecule has 3 heterocycles. The van der Waals surface area contributed by atoms with Crippen molar-refractivity contribution in [3.05, 3.63) is 66.2 Å². The predicted molar refractivity (Wildman–Crippen MR) is 136 cm³/mol. The Morgan fingerprint density at radius 3 is 2.65 bits per heavy atom. The molecule has 0 bridgehead atoms. The maximum Gasteiger partial charge on any atom is 0.263 e. The van der Waals surface area contributed by atoms with Gasteiger partial charge in [0, 0.05) is 18.7 Å². The number of ether oxygens (including phenoxy) is 3. The third kappa shape index (κ3) is 5.29. The van der Waals surface area contributed by atoms with Gasteiger partial charge in [-0.3, -0.25) is 4.79 Å². The first-order chi connectivity index (χ1) is 17.9. The second-order valence-corrected chi connectivity index (χ2v) is 8.68. The van der Waals surface area contributed by atoms with Crippen LogP contribution in [0.15, 0.2) is 54.7 Å². The van der Waals surface area contributed by atoms with Crippen LogP contribution in [-0.4, -0.2) is 58.2 Å². The molecule has 2 aromatic heterocycles. The number of morpholine rings is 1. The van der Waals surface area contributed by atoms with Crippen molar-refractivity contribution >= 4 is 22.6 Å². The predicted octanol–water partition coefficient (Wildman–Crippen LogP) is 4.14. The van der Waals surface area contributed by atoms with E-state index in [1.807, 2.05) is 25.1 Å². The molecule has 2 N–H and O–H groups in total. The van der Waals surface area contributed by atoms with Crippen LogP contribution in [-0.2, 0) is 9.53 Å². The number of pyridine rings is 1. The first-order valence-electron chi connectivity index (χ1n) is 11.9. The summed E-state index contributed by atoms with van der Waals surface area (Å²) in [4.78, 5) is 27.4. The number of benzene rings is 2. The summed E-state index contributed by atoms with van der Waals surface area (Å²) in [6, 6.07) is 13.6. The first kappa shape index (κ1) is 24.4. The van der Waals surface area contributed by atoms with E-state index in [-0.39, 0.29) is 11.7 Å². The van der Waals surface area contributed by atoms with Crippen molar-refractivity contribution in [1.82, 2.24) is 19.9 Å². The Morgan fingerprint density at radius 1 is 1.11 bits per heavy atom. The summed E-state index contributed by atoms with van der Waals surface area (Å²) < 4.78 is 30.2. The summed E-state index contributed by atoms with van der Waals surface area (Å²) in [6.45, 7) is 5.73. The van der Waals surface area contributed by atoms with Gasteiger partial charge in [-0.1, -0.05) is 6.07 Å². The average Bonchev–Trinajstić information content (AvgIpc) is 2.91. The fraction of sp³-hybridized carbons (Fsp3) is 0.259. The molecule has 1 saturated heterocycles. The number of aromatic nitrogens is 3. The lowest BCUT2D eigenvalue weighted by Gasteiger charge is -2.29. The molecule has 2 aromatic carbocycles. The Balaban J connectivity index is 1.39. The van der Waals surface area contributed by atoms with E-state index in [9.17, 15) is 9.18 Å². The van der Waals surface area contributed by atoms with Crippen LogP contribution in [0.1, 0.15) is 12.5 Å². The smallest absolute Gasteiger partial charge is 0.263 e. The molecule has 1 amide bonds. The van der Waals surface area contributed by atoms with Crippen LogP contribution in [0.5, 0.6) is 17.2 Å². The molecule has 1 fully saturated rings. The number of rotatable bonds is 6. The molecule has 0 saturated carbocycles. The van der Waals surface area contributed by atoms with Gasteiger partial charge in [0.1, 0.15) is 23.1 Å². The minimum Gasteiger partial charge on any atom is -0.480 e. The van der Waals surface area contributed by atoms with E-state index in [1.54, 1.807) is 30.0 Å². The van der Waals surface area contributed by atoms with Gasteiger partial charge in [-0.15, -0.1) is 0 Å². The molecule has 10 heteroatoms. The third-order valence-electron chi connectivity index (χ3n) is 6.05. The SMILES string of the molecule is Cc1cc(-c2nc(N)c3c(O[C@H](C)C(=O)N4CCOCC4)cccc3n2)ccc1Oc1ccc(F)nc1. The first-order valence-corrected chi connectivity index (χ1v) is 11.9. The highest BCUT2D eigenvalue weighted by Crippen LogP contribution is 2.33. The topological polar surface area (TPSA) is 113 Å². The van der Waals surface area contributed by atoms with E-state index in [0.717, 1.165) is 11.1 Å². The zero-order valence-electron chi connectivity index (χ0n) is 20.5. The zero-order valence-corrected chi connectivity index (χ0v) is 20.5. The zero-order chi connectivity index (χ0) is 25.9. The molecule has 0 unspecified atom stereocenters. The molecule has 1 aliphatic heterocycles. The summed E-state index contributed by atoms with van der Waals surface area (Å²) in [5.41, 5.74) is 8.54. The van der Waals surface area contributed by atoms with Crippen LogP contribution in [0.25, 0.3) is 22.3 Å². The maximum atomic E-state index is 13.1. The van der Waals surface area contributed by atoms with E-state index < -0.39 is 12.1 Å². The number of hydrogen-bond donors (Lipinski definition) is 1. The van der Waals surface area contributed by atoms with Crippen molar-refractivity contribution in [1.29, 1.82) is 0 Å². The summed E-state index contributed by atoms with van der Waals surface area (Å²) in [5.74, 6) is 1.49.